The Kier molecular flexibility index (Phi) is 5.72. The Morgan fingerprint density at radius 1 is 1.03 bits per heavy atom. The Hall–Kier alpha value is -2.60. The van der Waals surface area contributed by atoms with E-state index in [0.717, 1.165) is 33.3 Å². The van der Waals surface area contributed by atoms with Gasteiger partial charge in [-0.25, -0.2) is 0 Å². The van der Waals surface area contributed by atoms with E-state index in [-0.39, 0.29) is 6.04 Å². The van der Waals surface area contributed by atoms with E-state index < -0.39 is 0 Å². The SMILES string of the molecule is Cc1n[nH]c2ccc(-c3cncc(OC[C@@H](N)Cc4ccc(Cl)c(Cl)c4)c3)cc12. The third-order valence-electron chi connectivity index (χ3n) is 4.75. The van der Waals surface area contributed by atoms with Gasteiger partial charge in [0, 0.05) is 23.2 Å². The lowest BCUT2D eigenvalue weighted by molar-refractivity contribution is 0.287. The first-order valence-corrected chi connectivity index (χ1v) is 9.97. The van der Waals surface area contributed by atoms with Gasteiger partial charge in [0.05, 0.1) is 27.5 Å². The normalized spacial score (nSPS) is 12.3. The molecule has 1 atom stereocenters. The van der Waals surface area contributed by atoms with Crippen LogP contribution in [0.5, 0.6) is 5.75 Å². The Morgan fingerprint density at radius 3 is 2.72 bits per heavy atom. The number of rotatable bonds is 6. The van der Waals surface area contributed by atoms with Crippen LogP contribution in [0.15, 0.2) is 54.9 Å². The summed E-state index contributed by atoms with van der Waals surface area (Å²) >= 11 is 12.0. The van der Waals surface area contributed by atoms with E-state index in [0.29, 0.717) is 28.8 Å². The zero-order valence-electron chi connectivity index (χ0n) is 15.8. The van der Waals surface area contributed by atoms with Crippen LogP contribution in [-0.2, 0) is 6.42 Å². The van der Waals surface area contributed by atoms with Gasteiger partial charge in [-0.15, -0.1) is 0 Å². The zero-order valence-corrected chi connectivity index (χ0v) is 17.3. The molecule has 148 valence electrons. The van der Waals surface area contributed by atoms with E-state index in [2.05, 4.69) is 21.2 Å². The highest BCUT2D eigenvalue weighted by atomic mass is 35.5. The Bertz CT molecular complexity index is 1160. The fourth-order valence-corrected chi connectivity index (χ4v) is 3.53. The zero-order chi connectivity index (χ0) is 20.4. The number of benzene rings is 2. The largest absolute Gasteiger partial charge is 0.490 e. The van der Waals surface area contributed by atoms with Crippen molar-refractivity contribution in [2.45, 2.75) is 19.4 Å². The lowest BCUT2D eigenvalue weighted by Crippen LogP contribution is -2.30. The van der Waals surface area contributed by atoms with Gasteiger partial charge in [0.2, 0.25) is 0 Å². The van der Waals surface area contributed by atoms with Crippen molar-refractivity contribution in [1.82, 2.24) is 15.2 Å². The number of hydrogen-bond donors (Lipinski definition) is 2. The molecule has 4 rings (SSSR count). The van der Waals surface area contributed by atoms with Crippen LogP contribution >= 0.6 is 23.2 Å². The van der Waals surface area contributed by atoms with Crippen molar-refractivity contribution in [3.05, 3.63) is 76.2 Å². The summed E-state index contributed by atoms with van der Waals surface area (Å²) in [6.07, 6.45) is 4.15. The van der Waals surface area contributed by atoms with Crippen molar-refractivity contribution in [3.63, 3.8) is 0 Å². The average Bonchev–Trinajstić information content (AvgIpc) is 3.10. The van der Waals surface area contributed by atoms with Crippen LogP contribution in [0.2, 0.25) is 10.0 Å². The summed E-state index contributed by atoms with van der Waals surface area (Å²) in [5.41, 5.74) is 11.3. The molecule has 2 aromatic heterocycles. The molecule has 2 heterocycles. The number of pyridine rings is 1. The third kappa shape index (κ3) is 4.53. The molecule has 0 aliphatic carbocycles. The highest BCUT2D eigenvalue weighted by molar-refractivity contribution is 6.42. The highest BCUT2D eigenvalue weighted by Crippen LogP contribution is 2.27. The number of nitrogens with one attached hydrogen (secondary N) is 1. The number of aromatic amines is 1. The maximum atomic E-state index is 6.23. The molecule has 0 radical (unpaired) electrons. The summed E-state index contributed by atoms with van der Waals surface area (Å²) < 4.78 is 5.89. The number of hydrogen-bond acceptors (Lipinski definition) is 4. The van der Waals surface area contributed by atoms with Crippen LogP contribution in [0.3, 0.4) is 0 Å². The van der Waals surface area contributed by atoms with Crippen LogP contribution in [0.1, 0.15) is 11.3 Å². The monoisotopic (exact) mass is 426 g/mol. The fraction of sp³-hybridized carbons (Fsp3) is 0.182. The number of nitrogens with zero attached hydrogens (tertiary/aromatic N) is 2. The molecule has 0 aliphatic heterocycles. The van der Waals surface area contributed by atoms with Crippen LogP contribution in [-0.4, -0.2) is 27.8 Å². The number of aryl methyl sites for hydroxylation is 1. The average molecular weight is 427 g/mol. The standard InChI is InChI=1S/C22H20Cl2N4O/c1-13-19-9-15(3-5-22(19)28-27-13)16-8-18(11-26-10-16)29-12-17(25)6-14-2-4-20(23)21(24)7-14/h2-5,7-11,17H,6,12,25H2,1H3,(H,27,28)/t17-/m0/s1. The van der Waals surface area contributed by atoms with Crippen LogP contribution in [0, 0.1) is 6.92 Å². The number of fused-ring (bicyclic) bond motifs is 1. The van der Waals surface area contributed by atoms with E-state index in [1.54, 1.807) is 12.3 Å². The fourth-order valence-electron chi connectivity index (χ4n) is 3.21. The minimum Gasteiger partial charge on any atom is -0.490 e. The van der Waals surface area contributed by atoms with Crippen LogP contribution in [0.25, 0.3) is 22.0 Å². The smallest absolute Gasteiger partial charge is 0.138 e. The van der Waals surface area contributed by atoms with Crippen molar-refractivity contribution in [3.8, 4) is 16.9 Å². The minimum absolute atomic E-state index is 0.180. The van der Waals surface area contributed by atoms with Crippen LogP contribution < -0.4 is 10.5 Å². The molecule has 0 fully saturated rings. The third-order valence-corrected chi connectivity index (χ3v) is 5.48. The molecular formula is C22H20Cl2N4O. The van der Waals surface area contributed by atoms with Gasteiger partial charge in [0.25, 0.3) is 0 Å². The summed E-state index contributed by atoms with van der Waals surface area (Å²) in [6.45, 7) is 2.35. The van der Waals surface area contributed by atoms with E-state index in [1.165, 1.54) is 0 Å². The molecule has 0 unspecified atom stereocenters. The predicted octanol–water partition coefficient (Wildman–Crippen LogP) is 5.19. The highest BCUT2D eigenvalue weighted by Gasteiger charge is 2.09. The Balaban J connectivity index is 1.44. The first kappa shape index (κ1) is 19.7. The molecule has 4 aromatic rings. The van der Waals surface area contributed by atoms with E-state index in [1.807, 2.05) is 43.5 Å². The molecule has 0 aliphatic rings. The molecule has 29 heavy (non-hydrogen) atoms. The Labute approximate surface area is 178 Å². The van der Waals surface area contributed by atoms with E-state index >= 15 is 0 Å². The van der Waals surface area contributed by atoms with Gasteiger partial charge in [-0.1, -0.05) is 35.3 Å². The van der Waals surface area contributed by atoms with Gasteiger partial charge >= 0.3 is 0 Å². The Morgan fingerprint density at radius 2 is 1.90 bits per heavy atom. The predicted molar refractivity (Wildman–Crippen MR) is 118 cm³/mol. The second-order valence-electron chi connectivity index (χ2n) is 7.00. The van der Waals surface area contributed by atoms with Crippen molar-refractivity contribution >= 4 is 34.1 Å². The summed E-state index contributed by atoms with van der Waals surface area (Å²) in [5, 5.41) is 9.42. The molecule has 0 saturated carbocycles. The van der Waals surface area contributed by atoms with E-state index in [9.17, 15) is 0 Å². The molecule has 7 heteroatoms. The van der Waals surface area contributed by atoms with Gasteiger partial charge in [-0.05, 0) is 54.8 Å². The van der Waals surface area contributed by atoms with Gasteiger partial charge in [0.1, 0.15) is 12.4 Å². The van der Waals surface area contributed by atoms with Crippen LogP contribution in [0.4, 0.5) is 0 Å². The summed E-state index contributed by atoms with van der Waals surface area (Å²) in [5.74, 6) is 0.677. The summed E-state index contributed by atoms with van der Waals surface area (Å²) in [4.78, 5) is 4.31. The summed E-state index contributed by atoms with van der Waals surface area (Å²) in [6, 6.07) is 13.5. The molecule has 0 spiro atoms. The second-order valence-corrected chi connectivity index (χ2v) is 7.82. The first-order valence-electron chi connectivity index (χ1n) is 9.22. The molecule has 2 aromatic carbocycles. The number of ether oxygens (including phenoxy) is 1. The number of aromatic nitrogens is 3. The van der Waals surface area contributed by atoms with Gasteiger partial charge in [-0.2, -0.15) is 5.10 Å². The van der Waals surface area contributed by atoms with Crippen molar-refractivity contribution < 1.29 is 4.74 Å². The molecular weight excluding hydrogens is 407 g/mol. The minimum atomic E-state index is -0.180. The molecule has 3 N–H and O–H groups in total. The molecule has 0 amide bonds. The van der Waals surface area contributed by atoms with Crippen molar-refractivity contribution in [2.24, 2.45) is 5.73 Å². The quantitative estimate of drug-likeness (QED) is 0.444. The number of halogens is 2. The number of nitrogens with two attached hydrogens (primary N) is 1. The van der Waals surface area contributed by atoms with Gasteiger partial charge < -0.3 is 10.5 Å². The van der Waals surface area contributed by atoms with Crippen molar-refractivity contribution in [2.75, 3.05) is 6.61 Å². The lowest BCUT2D eigenvalue weighted by Gasteiger charge is -2.14. The molecule has 0 bridgehead atoms. The van der Waals surface area contributed by atoms with Gasteiger partial charge in [-0.3, -0.25) is 10.1 Å². The van der Waals surface area contributed by atoms with Gasteiger partial charge in [0.15, 0.2) is 0 Å². The molecule has 5 nitrogen and oxygen atoms in total. The summed E-state index contributed by atoms with van der Waals surface area (Å²) in [7, 11) is 0. The topological polar surface area (TPSA) is 76.8 Å². The van der Waals surface area contributed by atoms with E-state index in [4.69, 9.17) is 33.7 Å². The molecule has 0 saturated heterocycles. The maximum Gasteiger partial charge on any atom is 0.138 e. The lowest BCUT2D eigenvalue weighted by atomic mass is 10.0. The van der Waals surface area contributed by atoms with Crippen molar-refractivity contribution in [1.29, 1.82) is 0 Å². The maximum absolute atomic E-state index is 6.23. The first-order chi connectivity index (χ1) is 14.0. The second kappa shape index (κ2) is 8.41. The number of H-pyrrole nitrogens is 1.